The Labute approximate surface area is 122 Å². The highest BCUT2D eigenvalue weighted by molar-refractivity contribution is 9.10. The third kappa shape index (κ3) is 2.90. The van der Waals surface area contributed by atoms with E-state index >= 15 is 0 Å². The minimum Gasteiger partial charge on any atom is -0.486 e. The molecule has 1 fully saturated rings. The first-order valence-electron chi connectivity index (χ1n) is 7.09. The number of hydrogen-bond donors (Lipinski definition) is 1. The molecule has 1 aromatic rings. The normalized spacial score (nSPS) is 24.3. The first-order chi connectivity index (χ1) is 9.29. The molecule has 1 aromatic carbocycles. The van der Waals surface area contributed by atoms with Crippen LogP contribution in [0.15, 0.2) is 16.6 Å². The van der Waals surface area contributed by atoms with Crippen LogP contribution in [0.3, 0.4) is 0 Å². The number of rotatable bonds is 5. The van der Waals surface area contributed by atoms with E-state index in [4.69, 9.17) is 9.47 Å². The van der Waals surface area contributed by atoms with Gasteiger partial charge in [-0.05, 0) is 71.4 Å². The summed E-state index contributed by atoms with van der Waals surface area (Å²) in [5.41, 5.74) is 1.37. The highest BCUT2D eigenvalue weighted by Crippen LogP contribution is 2.50. The molecular weight excluding hydrogens is 306 g/mol. The summed E-state index contributed by atoms with van der Waals surface area (Å²) in [6.45, 7) is 5.74. The van der Waals surface area contributed by atoms with Crippen molar-refractivity contribution in [3.05, 3.63) is 22.2 Å². The van der Waals surface area contributed by atoms with E-state index in [2.05, 4.69) is 40.3 Å². The second-order valence-corrected chi connectivity index (χ2v) is 6.19. The molecule has 2 unspecified atom stereocenters. The van der Waals surface area contributed by atoms with Crippen LogP contribution in [-0.4, -0.2) is 26.3 Å². The number of hydrogen-bond acceptors (Lipinski definition) is 3. The van der Waals surface area contributed by atoms with Gasteiger partial charge in [0.05, 0.1) is 4.47 Å². The summed E-state index contributed by atoms with van der Waals surface area (Å²) in [5.74, 6) is 3.21. The van der Waals surface area contributed by atoms with Crippen LogP contribution in [0.4, 0.5) is 0 Å². The lowest BCUT2D eigenvalue weighted by molar-refractivity contribution is 0.170. The van der Waals surface area contributed by atoms with Gasteiger partial charge in [-0.3, -0.25) is 0 Å². The van der Waals surface area contributed by atoms with E-state index in [-0.39, 0.29) is 0 Å². The van der Waals surface area contributed by atoms with Crippen LogP contribution < -0.4 is 14.8 Å². The molecule has 0 bridgehead atoms. The Morgan fingerprint density at radius 3 is 3.00 bits per heavy atom. The van der Waals surface area contributed by atoms with Gasteiger partial charge in [0, 0.05) is 0 Å². The van der Waals surface area contributed by atoms with Crippen LogP contribution in [0.5, 0.6) is 11.5 Å². The van der Waals surface area contributed by atoms with E-state index in [1.54, 1.807) is 0 Å². The average Bonchev–Trinajstić information content (AvgIpc) is 3.19. The summed E-state index contributed by atoms with van der Waals surface area (Å²) in [6, 6.07) is 4.35. The smallest absolute Gasteiger partial charge is 0.175 e. The lowest BCUT2D eigenvalue weighted by Gasteiger charge is -2.20. The van der Waals surface area contributed by atoms with Crippen LogP contribution in [0.25, 0.3) is 0 Å². The van der Waals surface area contributed by atoms with Gasteiger partial charge in [-0.15, -0.1) is 0 Å². The molecule has 0 amide bonds. The first-order valence-corrected chi connectivity index (χ1v) is 7.88. The zero-order chi connectivity index (χ0) is 13.2. The molecule has 2 aliphatic rings. The molecule has 0 saturated heterocycles. The Morgan fingerprint density at radius 1 is 1.32 bits per heavy atom. The molecule has 3 nitrogen and oxygen atoms in total. The van der Waals surface area contributed by atoms with Crippen LogP contribution in [0.2, 0.25) is 0 Å². The van der Waals surface area contributed by atoms with Crippen molar-refractivity contribution in [3.8, 4) is 11.5 Å². The van der Waals surface area contributed by atoms with E-state index in [1.807, 2.05) is 0 Å². The quantitative estimate of drug-likeness (QED) is 0.842. The molecule has 2 atom stereocenters. The summed E-state index contributed by atoms with van der Waals surface area (Å²) < 4.78 is 12.3. The number of nitrogens with one attached hydrogen (secondary N) is 1. The highest BCUT2D eigenvalue weighted by atomic mass is 79.9. The van der Waals surface area contributed by atoms with Crippen molar-refractivity contribution in [3.63, 3.8) is 0 Å². The van der Waals surface area contributed by atoms with E-state index in [0.29, 0.717) is 19.1 Å². The zero-order valence-corrected chi connectivity index (χ0v) is 12.8. The summed E-state index contributed by atoms with van der Waals surface area (Å²) in [6.07, 6.45) is 2.48. The summed E-state index contributed by atoms with van der Waals surface area (Å²) in [7, 11) is 0. The number of fused-ring (bicyclic) bond motifs is 1. The molecule has 0 aromatic heterocycles. The predicted molar refractivity (Wildman–Crippen MR) is 79.1 cm³/mol. The molecule has 1 N–H and O–H groups in total. The van der Waals surface area contributed by atoms with Gasteiger partial charge in [0.1, 0.15) is 13.2 Å². The molecule has 1 heterocycles. The third-order valence-electron chi connectivity index (χ3n) is 3.80. The Kier molecular flexibility index (Phi) is 3.99. The lowest BCUT2D eigenvalue weighted by atomic mass is 10.1. The topological polar surface area (TPSA) is 30.5 Å². The van der Waals surface area contributed by atoms with Crippen molar-refractivity contribution in [2.45, 2.75) is 25.7 Å². The maximum atomic E-state index is 5.69. The largest absolute Gasteiger partial charge is 0.486 e. The van der Waals surface area contributed by atoms with Gasteiger partial charge in [0.15, 0.2) is 11.5 Å². The third-order valence-corrected chi connectivity index (χ3v) is 4.39. The van der Waals surface area contributed by atoms with E-state index in [0.717, 1.165) is 35.0 Å². The summed E-state index contributed by atoms with van der Waals surface area (Å²) >= 11 is 3.59. The van der Waals surface area contributed by atoms with E-state index < -0.39 is 0 Å². The van der Waals surface area contributed by atoms with Crippen molar-refractivity contribution < 1.29 is 9.47 Å². The molecule has 1 aliphatic heterocycles. The van der Waals surface area contributed by atoms with Crippen LogP contribution in [0.1, 0.15) is 31.2 Å². The predicted octanol–water partition coefficient (Wildman–Crippen LogP) is 3.32. The van der Waals surface area contributed by atoms with E-state index in [1.165, 1.54) is 18.4 Å². The van der Waals surface area contributed by atoms with Gasteiger partial charge in [-0.1, -0.05) is 6.92 Å². The van der Waals surface area contributed by atoms with Crippen molar-refractivity contribution in [1.29, 1.82) is 0 Å². The second-order valence-electron chi connectivity index (χ2n) is 5.33. The molecule has 3 rings (SSSR count). The number of benzene rings is 1. The molecule has 19 heavy (non-hydrogen) atoms. The van der Waals surface area contributed by atoms with Gasteiger partial charge in [0.25, 0.3) is 0 Å². The Morgan fingerprint density at radius 2 is 2.16 bits per heavy atom. The minimum atomic E-state index is 0.637. The summed E-state index contributed by atoms with van der Waals surface area (Å²) in [4.78, 5) is 0. The summed E-state index contributed by atoms with van der Waals surface area (Å²) in [5, 5.41) is 3.51. The molecule has 104 valence electrons. The molecule has 0 spiro atoms. The Bertz CT molecular complexity index is 464. The van der Waals surface area contributed by atoms with Crippen molar-refractivity contribution in [1.82, 2.24) is 5.32 Å². The van der Waals surface area contributed by atoms with Crippen molar-refractivity contribution in [2.75, 3.05) is 26.3 Å². The lowest BCUT2D eigenvalue weighted by Crippen LogP contribution is -2.18. The van der Waals surface area contributed by atoms with Crippen LogP contribution >= 0.6 is 15.9 Å². The minimum absolute atomic E-state index is 0.637. The van der Waals surface area contributed by atoms with Gasteiger partial charge in [-0.2, -0.15) is 0 Å². The fourth-order valence-corrected chi connectivity index (χ4v) is 3.26. The number of ether oxygens (including phenoxy) is 2. The monoisotopic (exact) mass is 325 g/mol. The fraction of sp³-hybridized carbons (Fsp3) is 0.600. The maximum absolute atomic E-state index is 5.69. The molecule has 0 radical (unpaired) electrons. The van der Waals surface area contributed by atoms with E-state index in [9.17, 15) is 0 Å². The highest BCUT2D eigenvalue weighted by Gasteiger charge is 2.38. The molecular formula is C15H20BrNO2. The van der Waals surface area contributed by atoms with Crippen molar-refractivity contribution in [2.24, 2.45) is 5.92 Å². The standard InChI is InChI=1S/C15H20BrNO2/c1-2-3-17-9-11-6-12(11)10-7-13(16)15-14(8-10)18-4-5-19-15/h7-8,11-12,17H,2-6,9H2,1H3. The SMILES string of the molecule is CCCNCC1CC1c1cc(Br)c2c(c1)OCCO2. The van der Waals surface area contributed by atoms with Crippen molar-refractivity contribution >= 4 is 15.9 Å². The average molecular weight is 326 g/mol. The zero-order valence-electron chi connectivity index (χ0n) is 11.2. The number of halogens is 1. The molecule has 4 heteroatoms. The second kappa shape index (κ2) is 5.71. The van der Waals surface area contributed by atoms with Gasteiger partial charge in [0.2, 0.25) is 0 Å². The van der Waals surface area contributed by atoms with Gasteiger partial charge in [-0.25, -0.2) is 0 Å². The Hall–Kier alpha value is -0.740. The van der Waals surface area contributed by atoms with Crippen LogP contribution in [0, 0.1) is 5.92 Å². The fourth-order valence-electron chi connectivity index (χ4n) is 2.69. The maximum Gasteiger partial charge on any atom is 0.175 e. The van der Waals surface area contributed by atoms with Gasteiger partial charge < -0.3 is 14.8 Å². The molecule has 1 saturated carbocycles. The van der Waals surface area contributed by atoms with Crippen LogP contribution in [-0.2, 0) is 0 Å². The Balaban J connectivity index is 1.68. The van der Waals surface area contributed by atoms with Gasteiger partial charge >= 0.3 is 0 Å². The first kappa shape index (κ1) is 13.3. The molecule has 1 aliphatic carbocycles.